The smallest absolute Gasteiger partial charge is 0.331 e. The molecule has 0 aromatic heterocycles. The molecule has 0 aromatic carbocycles. The topological polar surface area (TPSA) is 116 Å². The van der Waals surface area contributed by atoms with Gasteiger partial charge in [0.2, 0.25) is 5.91 Å². The highest BCUT2D eigenvalue weighted by molar-refractivity contribution is 5.85. The molecule has 0 saturated carbocycles. The minimum absolute atomic E-state index is 0.491. The second kappa shape index (κ2) is 4.56. The zero-order chi connectivity index (χ0) is 11.6. The predicted octanol–water partition coefficient (Wildman–Crippen LogP) is -2.87. The van der Waals surface area contributed by atoms with Crippen LogP contribution >= 0.6 is 0 Å². The van der Waals surface area contributed by atoms with Gasteiger partial charge in [-0.05, 0) is 0 Å². The molecule has 15 heavy (non-hydrogen) atoms. The lowest BCUT2D eigenvalue weighted by Crippen LogP contribution is -2.47. The maximum absolute atomic E-state index is 11.2. The Morgan fingerprint density at radius 3 is 2.73 bits per heavy atom. The Hall–Kier alpha value is -1.18. The Kier molecular flexibility index (Phi) is 3.61. The van der Waals surface area contributed by atoms with Crippen LogP contribution in [0, 0.1) is 0 Å². The molecule has 1 fully saturated rings. The fourth-order valence-electron chi connectivity index (χ4n) is 1.38. The van der Waals surface area contributed by atoms with Crippen molar-refractivity contribution in [3.05, 3.63) is 0 Å². The van der Waals surface area contributed by atoms with Gasteiger partial charge < -0.3 is 25.4 Å². The van der Waals surface area contributed by atoms with Crippen LogP contribution in [0.5, 0.6) is 0 Å². The van der Waals surface area contributed by atoms with E-state index in [1.54, 1.807) is 0 Å². The number of cyclic esters (lactones) is 1. The number of hydrogen-bond donors (Lipinski definition) is 4. The van der Waals surface area contributed by atoms with Crippen LogP contribution in [0.2, 0.25) is 0 Å². The average molecular weight is 219 g/mol. The van der Waals surface area contributed by atoms with Gasteiger partial charge in [-0.15, -0.1) is 0 Å². The number of carbonyl (C=O) groups is 2. The lowest BCUT2D eigenvalue weighted by molar-refractivity contribution is -0.149. The van der Waals surface area contributed by atoms with E-state index in [0.717, 1.165) is 0 Å². The van der Waals surface area contributed by atoms with Gasteiger partial charge >= 0.3 is 5.97 Å². The first-order valence-electron chi connectivity index (χ1n) is 4.42. The van der Waals surface area contributed by atoms with Crippen LogP contribution in [-0.2, 0) is 14.3 Å². The van der Waals surface area contributed by atoms with Gasteiger partial charge in [0, 0.05) is 6.92 Å². The Bertz CT molecular complexity index is 268. The van der Waals surface area contributed by atoms with Crippen LogP contribution in [0.3, 0.4) is 0 Å². The van der Waals surface area contributed by atoms with Crippen molar-refractivity contribution >= 4 is 11.9 Å². The summed E-state index contributed by atoms with van der Waals surface area (Å²) in [7, 11) is 0. The minimum atomic E-state index is -1.36. The number of aliphatic hydroxyl groups is 3. The predicted molar refractivity (Wildman–Crippen MR) is 46.6 cm³/mol. The van der Waals surface area contributed by atoms with Gasteiger partial charge in [-0.1, -0.05) is 0 Å². The summed E-state index contributed by atoms with van der Waals surface area (Å²) in [4.78, 5) is 21.9. The minimum Gasteiger partial charge on any atom is -0.455 e. The number of nitrogens with one attached hydrogen (secondary N) is 1. The van der Waals surface area contributed by atoms with Crippen LogP contribution in [-0.4, -0.2) is 58.2 Å². The van der Waals surface area contributed by atoms with Gasteiger partial charge in [-0.2, -0.15) is 0 Å². The molecule has 86 valence electrons. The fraction of sp³-hybridized carbons (Fsp3) is 0.750. The molecule has 4 N–H and O–H groups in total. The summed E-state index contributed by atoms with van der Waals surface area (Å²) in [6, 6.07) is -1.19. The quantitative estimate of drug-likeness (QED) is 0.379. The Morgan fingerprint density at radius 2 is 2.27 bits per heavy atom. The third kappa shape index (κ3) is 2.44. The highest BCUT2D eigenvalue weighted by Gasteiger charge is 2.47. The molecule has 1 heterocycles. The molecule has 7 heteroatoms. The molecule has 1 aliphatic rings. The zero-order valence-electron chi connectivity index (χ0n) is 8.08. The van der Waals surface area contributed by atoms with Crippen molar-refractivity contribution in [3.63, 3.8) is 0 Å². The van der Waals surface area contributed by atoms with E-state index in [1.807, 2.05) is 0 Å². The summed E-state index contributed by atoms with van der Waals surface area (Å²) in [6.45, 7) is 0.553. The Labute approximate surface area is 85.7 Å². The summed E-state index contributed by atoms with van der Waals surface area (Å²) >= 11 is 0. The van der Waals surface area contributed by atoms with E-state index in [0.29, 0.717) is 0 Å². The van der Waals surface area contributed by atoms with E-state index in [4.69, 9.17) is 5.11 Å². The number of esters is 1. The summed E-state index contributed by atoms with van der Waals surface area (Å²) in [6.07, 6.45) is -3.93. The highest BCUT2D eigenvalue weighted by atomic mass is 16.6. The highest BCUT2D eigenvalue weighted by Crippen LogP contribution is 2.18. The van der Waals surface area contributed by atoms with Gasteiger partial charge in [0.25, 0.3) is 0 Å². The second-order valence-electron chi connectivity index (χ2n) is 3.32. The summed E-state index contributed by atoms with van der Waals surface area (Å²) < 4.78 is 4.63. The molecule has 0 radical (unpaired) electrons. The van der Waals surface area contributed by atoms with Crippen molar-refractivity contribution in [2.75, 3.05) is 6.61 Å². The molecule has 0 aromatic rings. The first kappa shape index (κ1) is 11.9. The Balaban J connectivity index is 2.69. The standard InChI is InChI=1S/C8H13NO6/c1-3(11)9-5-6(13)7(4(12)2-10)15-8(5)14/h4-7,10,12-13H,2H2,1H3,(H,9,11)/t4-,5+,6-,7-/m1/s1. The zero-order valence-corrected chi connectivity index (χ0v) is 8.08. The van der Waals surface area contributed by atoms with Crippen LogP contribution in [0.15, 0.2) is 0 Å². The van der Waals surface area contributed by atoms with Gasteiger partial charge in [0.15, 0.2) is 12.1 Å². The summed E-state index contributed by atoms with van der Waals surface area (Å²) in [5, 5.41) is 29.6. The van der Waals surface area contributed by atoms with E-state index in [1.165, 1.54) is 6.92 Å². The van der Waals surface area contributed by atoms with E-state index >= 15 is 0 Å². The molecule has 1 aliphatic heterocycles. The molecule has 1 amide bonds. The molecule has 1 rings (SSSR count). The monoisotopic (exact) mass is 219 g/mol. The molecule has 1 saturated heterocycles. The maximum atomic E-state index is 11.2. The van der Waals surface area contributed by atoms with Crippen LogP contribution in [0.4, 0.5) is 0 Å². The third-order valence-corrected chi connectivity index (χ3v) is 2.11. The van der Waals surface area contributed by atoms with Crippen LogP contribution in [0.1, 0.15) is 6.92 Å². The van der Waals surface area contributed by atoms with Crippen molar-refractivity contribution in [1.29, 1.82) is 0 Å². The molecule has 7 nitrogen and oxygen atoms in total. The number of amides is 1. The fourth-order valence-corrected chi connectivity index (χ4v) is 1.38. The van der Waals surface area contributed by atoms with Crippen molar-refractivity contribution in [1.82, 2.24) is 5.32 Å². The summed E-state index contributed by atoms with van der Waals surface area (Å²) in [5.41, 5.74) is 0. The molecular formula is C8H13NO6. The van der Waals surface area contributed by atoms with Gasteiger partial charge in [0.1, 0.15) is 12.2 Å². The van der Waals surface area contributed by atoms with E-state index in [2.05, 4.69) is 10.1 Å². The number of ether oxygens (including phenoxy) is 1. The summed E-state index contributed by atoms with van der Waals surface area (Å²) in [5.74, 6) is -1.31. The van der Waals surface area contributed by atoms with E-state index in [-0.39, 0.29) is 0 Å². The van der Waals surface area contributed by atoms with Gasteiger partial charge in [-0.25, -0.2) is 4.79 Å². The van der Waals surface area contributed by atoms with Gasteiger partial charge in [-0.3, -0.25) is 4.79 Å². The van der Waals surface area contributed by atoms with Crippen molar-refractivity contribution < 1.29 is 29.6 Å². The van der Waals surface area contributed by atoms with E-state index in [9.17, 15) is 19.8 Å². The molecular weight excluding hydrogens is 206 g/mol. The van der Waals surface area contributed by atoms with E-state index < -0.39 is 42.8 Å². The normalized spacial score (nSPS) is 32.3. The first-order valence-corrected chi connectivity index (χ1v) is 4.42. The average Bonchev–Trinajstić information content (AvgIpc) is 2.44. The number of rotatable bonds is 3. The number of aliphatic hydroxyl groups excluding tert-OH is 3. The molecule has 0 spiro atoms. The van der Waals surface area contributed by atoms with Crippen LogP contribution < -0.4 is 5.32 Å². The first-order chi connectivity index (χ1) is 6.97. The Morgan fingerprint density at radius 1 is 1.67 bits per heavy atom. The SMILES string of the molecule is CC(=O)N[C@@H]1C(=O)O[C@H]([C@H](O)CO)[C@@H]1O. The van der Waals surface area contributed by atoms with Crippen molar-refractivity contribution in [2.24, 2.45) is 0 Å². The second-order valence-corrected chi connectivity index (χ2v) is 3.32. The molecule has 4 atom stereocenters. The van der Waals surface area contributed by atoms with Gasteiger partial charge in [0.05, 0.1) is 6.61 Å². The number of hydrogen-bond acceptors (Lipinski definition) is 6. The van der Waals surface area contributed by atoms with Crippen molar-refractivity contribution in [2.45, 2.75) is 31.3 Å². The maximum Gasteiger partial charge on any atom is 0.331 e. The molecule has 0 unspecified atom stereocenters. The number of carbonyl (C=O) groups excluding carboxylic acids is 2. The van der Waals surface area contributed by atoms with Crippen molar-refractivity contribution in [3.8, 4) is 0 Å². The lowest BCUT2D eigenvalue weighted by Gasteiger charge is -2.18. The lowest BCUT2D eigenvalue weighted by atomic mass is 10.0. The molecule has 0 bridgehead atoms. The largest absolute Gasteiger partial charge is 0.455 e. The molecule has 0 aliphatic carbocycles. The third-order valence-electron chi connectivity index (χ3n) is 2.11. The van der Waals surface area contributed by atoms with Crippen LogP contribution in [0.25, 0.3) is 0 Å².